The van der Waals surface area contributed by atoms with Crippen molar-refractivity contribution in [1.29, 1.82) is 0 Å². The minimum Gasteiger partial charge on any atom is -0.399 e. The molecule has 16 heteroatoms. The molecule has 0 heterocycles. The summed E-state index contributed by atoms with van der Waals surface area (Å²) in [6.07, 6.45) is -6.09. The first kappa shape index (κ1) is 46.4. The number of aliphatic hydroxyl groups is 2. The number of aliphatic hydroxyl groups excluding tert-OH is 1. The lowest BCUT2D eigenvalue weighted by atomic mass is 9.87. The van der Waals surface area contributed by atoms with Gasteiger partial charge in [0.2, 0.25) is 0 Å². The van der Waals surface area contributed by atoms with E-state index in [1.165, 1.54) is 73.1 Å². The highest BCUT2D eigenvalue weighted by Crippen LogP contribution is 2.27. The van der Waals surface area contributed by atoms with E-state index in [9.17, 15) is 43.4 Å². The van der Waals surface area contributed by atoms with E-state index in [0.29, 0.717) is 28.1 Å². The second-order valence-electron chi connectivity index (χ2n) is 13.8. The molecule has 5 rings (SSSR count). The van der Waals surface area contributed by atoms with Crippen LogP contribution < -0.4 is 37.9 Å². The molecule has 64 heavy (non-hydrogen) atoms. The zero-order valence-corrected chi connectivity index (χ0v) is 33.6. The Morgan fingerprint density at radius 1 is 0.609 bits per heavy atom. The summed E-state index contributed by atoms with van der Waals surface area (Å²) in [6.45, 7) is 1.19. The molecule has 0 radical (unpaired) electrons. The molecule has 0 spiro atoms. The van der Waals surface area contributed by atoms with Gasteiger partial charge in [-0.2, -0.15) is 5.48 Å². The molecule has 0 aliphatic rings. The number of rotatable bonds is 12. The van der Waals surface area contributed by atoms with Crippen molar-refractivity contribution < 1.29 is 48.2 Å². The average Bonchev–Trinajstić information content (AvgIpc) is 3.30. The molecule has 5 aromatic carbocycles. The lowest BCUT2D eigenvalue weighted by molar-refractivity contribution is -0.138. The molecule has 0 aliphatic heterocycles. The van der Waals surface area contributed by atoms with Crippen molar-refractivity contribution in [3.63, 3.8) is 0 Å². The Hall–Kier alpha value is -8.64. The minimum atomic E-state index is -3.44. The summed E-state index contributed by atoms with van der Waals surface area (Å²) in [4.78, 5) is 57.1. The van der Waals surface area contributed by atoms with Gasteiger partial charge in [-0.1, -0.05) is 35.8 Å². The molecule has 0 fully saturated rings. The van der Waals surface area contributed by atoms with Crippen LogP contribution in [0.25, 0.3) is 0 Å². The molecular formula is C48H38F2N6O8. The van der Waals surface area contributed by atoms with E-state index in [1.54, 1.807) is 60.7 Å². The second-order valence-corrected chi connectivity index (χ2v) is 13.8. The highest BCUT2D eigenvalue weighted by atomic mass is 19.3. The smallest absolute Gasteiger partial charge is 0.278 e. The van der Waals surface area contributed by atoms with E-state index in [0.717, 1.165) is 5.56 Å². The largest absolute Gasteiger partial charge is 0.399 e. The van der Waals surface area contributed by atoms with Crippen LogP contribution >= 0.6 is 0 Å². The van der Waals surface area contributed by atoms with Crippen molar-refractivity contribution in [3.05, 3.63) is 160 Å². The van der Waals surface area contributed by atoms with Gasteiger partial charge in [0.05, 0.1) is 0 Å². The van der Waals surface area contributed by atoms with Crippen LogP contribution in [0.5, 0.6) is 5.75 Å². The van der Waals surface area contributed by atoms with E-state index in [-0.39, 0.29) is 22.4 Å². The maximum atomic E-state index is 13.6. The Morgan fingerprint density at radius 3 is 1.39 bits per heavy atom. The van der Waals surface area contributed by atoms with Gasteiger partial charge in [0.1, 0.15) is 23.8 Å². The lowest BCUT2D eigenvalue weighted by Crippen LogP contribution is -2.57. The zero-order chi connectivity index (χ0) is 46.2. The SMILES string of the molecule is CC(O)(c1ccc(ONC(=O)C(NC(=O)c2ccc(C#CC#Cc3ccc(N)cc3)cc2)C(O)C(F)F)cc1)C(NC(=O)c1ccc(C#CC#Cc2ccc(N)cc2)cc1)C(=O)NO. The summed E-state index contributed by atoms with van der Waals surface area (Å²) >= 11 is 0. The van der Waals surface area contributed by atoms with Gasteiger partial charge in [-0.15, -0.1) is 0 Å². The third kappa shape index (κ3) is 12.9. The molecule has 0 aliphatic carbocycles. The predicted molar refractivity (Wildman–Crippen MR) is 231 cm³/mol. The molecule has 4 amide bonds. The van der Waals surface area contributed by atoms with Crippen molar-refractivity contribution in [2.24, 2.45) is 0 Å². The molecule has 0 saturated heterocycles. The van der Waals surface area contributed by atoms with Crippen molar-refractivity contribution in [3.8, 4) is 53.1 Å². The number of amides is 4. The normalized spacial score (nSPS) is 12.5. The first-order valence-corrected chi connectivity index (χ1v) is 18.9. The summed E-state index contributed by atoms with van der Waals surface area (Å²) < 4.78 is 27.2. The number of hydroxylamine groups is 2. The number of hydrogen-bond acceptors (Lipinski definition) is 10. The fourth-order valence-corrected chi connectivity index (χ4v) is 5.57. The summed E-state index contributed by atoms with van der Waals surface area (Å²) in [5.41, 5.74) is 16.2. The standard InChI is InChI=1S/C48H38F2N6O8/c1-48(62,42(47(61)55-63)54-45(59)35-20-12-31(13-21-35)7-3-5-9-33-16-26-38(52)27-17-33)36-22-28-39(29-23-36)64-56-46(60)40(41(57)43(49)50)53-44(58)34-18-10-30(11-19-34)6-2-4-8-32-14-24-37(51)25-15-32/h10-29,40-43,57,62-63H,51-52H2,1H3,(H,53,58)(H,54,59)(H,55,61)(H,56,60). The van der Waals surface area contributed by atoms with Crippen LogP contribution in [-0.2, 0) is 15.2 Å². The van der Waals surface area contributed by atoms with Crippen molar-refractivity contribution in [2.75, 3.05) is 11.5 Å². The first-order valence-electron chi connectivity index (χ1n) is 18.9. The Morgan fingerprint density at radius 2 is 1.00 bits per heavy atom. The maximum absolute atomic E-state index is 13.6. The van der Waals surface area contributed by atoms with Crippen molar-refractivity contribution in [1.82, 2.24) is 21.6 Å². The van der Waals surface area contributed by atoms with Gasteiger partial charge in [0.15, 0.2) is 5.75 Å². The molecule has 5 aromatic rings. The quantitative estimate of drug-likeness (QED) is 0.0385. The number of alkyl halides is 2. The van der Waals surface area contributed by atoms with Gasteiger partial charge in [-0.05, 0) is 145 Å². The van der Waals surface area contributed by atoms with Gasteiger partial charge in [0.25, 0.3) is 30.1 Å². The first-order chi connectivity index (χ1) is 30.6. The third-order valence-corrected chi connectivity index (χ3v) is 9.15. The number of halogens is 2. The van der Waals surface area contributed by atoms with Crippen LogP contribution in [0, 0.1) is 47.4 Å². The Labute approximate surface area is 365 Å². The zero-order valence-electron chi connectivity index (χ0n) is 33.6. The third-order valence-electron chi connectivity index (χ3n) is 9.15. The van der Waals surface area contributed by atoms with Crippen LogP contribution in [0.15, 0.2) is 121 Å². The summed E-state index contributed by atoms with van der Waals surface area (Å²) in [7, 11) is 0. The number of nitrogens with two attached hydrogens (primary N) is 2. The van der Waals surface area contributed by atoms with E-state index in [1.807, 2.05) is 5.48 Å². The monoisotopic (exact) mass is 864 g/mol. The van der Waals surface area contributed by atoms with Crippen LogP contribution in [0.2, 0.25) is 0 Å². The number of nitrogen functional groups attached to an aromatic ring is 2. The minimum absolute atomic E-state index is 0.0205. The molecule has 11 N–H and O–H groups in total. The molecule has 4 unspecified atom stereocenters. The molecule has 0 saturated carbocycles. The second kappa shape index (κ2) is 21.7. The molecule has 0 aromatic heterocycles. The van der Waals surface area contributed by atoms with Crippen LogP contribution in [0.1, 0.15) is 55.5 Å². The number of anilines is 2. The summed E-state index contributed by atoms with van der Waals surface area (Å²) in [5, 5.41) is 35.6. The Bertz CT molecular complexity index is 2740. The number of hydrogen-bond donors (Lipinski definition) is 9. The van der Waals surface area contributed by atoms with Gasteiger partial charge >= 0.3 is 0 Å². The van der Waals surface area contributed by atoms with Crippen LogP contribution in [0.3, 0.4) is 0 Å². The number of benzene rings is 5. The summed E-state index contributed by atoms with van der Waals surface area (Å²) in [5.74, 6) is 17.8. The summed E-state index contributed by atoms with van der Waals surface area (Å²) in [6, 6.07) is 26.4. The maximum Gasteiger partial charge on any atom is 0.278 e. The van der Waals surface area contributed by atoms with Gasteiger partial charge in [-0.3, -0.25) is 24.4 Å². The molecular weight excluding hydrogens is 827 g/mol. The molecule has 0 bridgehead atoms. The van der Waals surface area contributed by atoms with E-state index in [4.69, 9.17) is 16.3 Å². The Balaban J connectivity index is 1.19. The fourth-order valence-electron chi connectivity index (χ4n) is 5.57. The average molecular weight is 865 g/mol. The van der Waals surface area contributed by atoms with E-state index < -0.39 is 53.8 Å². The van der Waals surface area contributed by atoms with Crippen molar-refractivity contribution >= 4 is 35.0 Å². The number of nitrogens with one attached hydrogen (secondary N) is 4. The van der Waals surface area contributed by atoms with E-state index in [2.05, 4.69) is 58.0 Å². The van der Waals surface area contributed by atoms with Gasteiger partial charge < -0.3 is 37.2 Å². The highest BCUT2D eigenvalue weighted by Gasteiger charge is 2.41. The van der Waals surface area contributed by atoms with Crippen molar-refractivity contribution in [2.45, 2.75) is 37.1 Å². The van der Waals surface area contributed by atoms with Crippen LogP contribution in [-0.4, -0.2) is 63.7 Å². The van der Waals surface area contributed by atoms with Crippen LogP contribution in [0.4, 0.5) is 20.2 Å². The molecule has 14 nitrogen and oxygen atoms in total. The molecule has 4 atom stereocenters. The molecule has 322 valence electrons. The van der Waals surface area contributed by atoms with Gasteiger partial charge in [0, 0.05) is 44.8 Å². The number of carbonyl (C=O) groups is 4. The predicted octanol–water partition coefficient (Wildman–Crippen LogP) is 3.00. The highest BCUT2D eigenvalue weighted by molar-refractivity contribution is 5.98. The topological polar surface area (TPSA) is 238 Å². The van der Waals surface area contributed by atoms with E-state index >= 15 is 0 Å². The number of carbonyl (C=O) groups excluding carboxylic acids is 4. The fraction of sp³-hybridized carbons (Fsp3) is 0.125. The Kier molecular flexibility index (Phi) is 15.8. The van der Waals surface area contributed by atoms with Gasteiger partial charge in [-0.25, -0.2) is 14.3 Å². The lowest BCUT2D eigenvalue weighted by Gasteiger charge is -2.32.